The molecule has 7 heteroatoms. The maximum Gasteiger partial charge on any atom is 0.371 e. The van der Waals surface area contributed by atoms with E-state index in [0.29, 0.717) is 5.76 Å². The van der Waals surface area contributed by atoms with Gasteiger partial charge < -0.3 is 19.6 Å². The van der Waals surface area contributed by atoms with E-state index in [4.69, 9.17) is 14.3 Å². The van der Waals surface area contributed by atoms with Crippen LogP contribution in [-0.4, -0.2) is 28.6 Å². The molecule has 1 aromatic heterocycles. The Hall–Kier alpha value is -2.31. The Kier molecular flexibility index (Phi) is 5.52. The Balaban J connectivity index is 2.31. The standard InChI is InChI=1S/C14H19NO6/c1-14(2,3)21-12(17)7-6-11(16)15-8-9-4-5-10(20-9)13(18)19/h4-5H,6-8H2,1-3H3,(H,15,16)(H,18,19). The van der Waals surface area contributed by atoms with Gasteiger partial charge in [0, 0.05) is 6.42 Å². The number of ether oxygens (including phenoxy) is 1. The van der Waals surface area contributed by atoms with Gasteiger partial charge in [-0.2, -0.15) is 0 Å². The smallest absolute Gasteiger partial charge is 0.371 e. The Morgan fingerprint density at radius 2 is 1.90 bits per heavy atom. The zero-order chi connectivity index (χ0) is 16.0. The van der Waals surface area contributed by atoms with Crippen LogP contribution in [0.4, 0.5) is 0 Å². The summed E-state index contributed by atoms with van der Waals surface area (Å²) >= 11 is 0. The molecule has 0 fully saturated rings. The zero-order valence-corrected chi connectivity index (χ0v) is 12.3. The van der Waals surface area contributed by atoms with Gasteiger partial charge in [-0.15, -0.1) is 0 Å². The summed E-state index contributed by atoms with van der Waals surface area (Å²) in [4.78, 5) is 33.6. The molecule has 21 heavy (non-hydrogen) atoms. The number of esters is 1. The van der Waals surface area contributed by atoms with Crippen molar-refractivity contribution in [3.63, 3.8) is 0 Å². The fraction of sp³-hybridized carbons (Fsp3) is 0.500. The van der Waals surface area contributed by atoms with Crippen LogP contribution in [0, 0.1) is 0 Å². The number of furan rings is 1. The van der Waals surface area contributed by atoms with Crippen molar-refractivity contribution in [3.05, 3.63) is 23.7 Å². The third-order valence-electron chi connectivity index (χ3n) is 2.31. The van der Waals surface area contributed by atoms with Crippen molar-refractivity contribution in [2.24, 2.45) is 0 Å². The van der Waals surface area contributed by atoms with Crippen molar-refractivity contribution >= 4 is 17.8 Å². The topological polar surface area (TPSA) is 106 Å². The number of hydrogen-bond donors (Lipinski definition) is 2. The minimum Gasteiger partial charge on any atom is -0.475 e. The average molecular weight is 297 g/mol. The highest BCUT2D eigenvalue weighted by atomic mass is 16.6. The molecule has 1 heterocycles. The molecule has 0 aromatic carbocycles. The lowest BCUT2D eigenvalue weighted by Gasteiger charge is -2.19. The summed E-state index contributed by atoms with van der Waals surface area (Å²) in [6.45, 7) is 5.33. The van der Waals surface area contributed by atoms with Gasteiger partial charge >= 0.3 is 11.9 Å². The molecule has 1 amide bonds. The highest BCUT2D eigenvalue weighted by Crippen LogP contribution is 2.10. The third kappa shape index (κ3) is 6.60. The number of nitrogens with one attached hydrogen (secondary N) is 1. The molecule has 0 atom stereocenters. The van der Waals surface area contributed by atoms with Gasteiger partial charge in [0.25, 0.3) is 0 Å². The molecule has 0 aliphatic heterocycles. The van der Waals surface area contributed by atoms with Crippen LogP contribution in [0.1, 0.15) is 49.9 Å². The SMILES string of the molecule is CC(C)(C)OC(=O)CCC(=O)NCc1ccc(C(=O)O)o1. The number of carboxylic acids is 1. The first-order chi connectivity index (χ1) is 9.67. The molecule has 0 radical (unpaired) electrons. The van der Waals surface area contributed by atoms with Crippen molar-refractivity contribution < 1.29 is 28.6 Å². The normalized spacial score (nSPS) is 11.0. The Morgan fingerprint density at radius 1 is 1.24 bits per heavy atom. The number of carbonyl (C=O) groups is 3. The summed E-state index contributed by atoms with van der Waals surface area (Å²) in [5.74, 6) is -1.80. The van der Waals surface area contributed by atoms with E-state index in [1.807, 2.05) is 0 Å². The summed E-state index contributed by atoms with van der Waals surface area (Å²) in [7, 11) is 0. The molecular weight excluding hydrogens is 278 g/mol. The third-order valence-corrected chi connectivity index (χ3v) is 2.31. The van der Waals surface area contributed by atoms with Gasteiger partial charge in [-0.1, -0.05) is 0 Å². The van der Waals surface area contributed by atoms with E-state index in [0.717, 1.165) is 0 Å². The van der Waals surface area contributed by atoms with Gasteiger partial charge in [-0.3, -0.25) is 9.59 Å². The van der Waals surface area contributed by atoms with E-state index in [2.05, 4.69) is 5.32 Å². The van der Waals surface area contributed by atoms with E-state index < -0.39 is 17.5 Å². The Labute approximate surface area is 122 Å². The second-order valence-electron chi connectivity index (χ2n) is 5.43. The summed E-state index contributed by atoms with van der Waals surface area (Å²) in [6, 6.07) is 2.78. The monoisotopic (exact) mass is 297 g/mol. The van der Waals surface area contributed by atoms with Crippen molar-refractivity contribution in [1.82, 2.24) is 5.32 Å². The van der Waals surface area contributed by atoms with Crippen LogP contribution < -0.4 is 5.32 Å². The van der Waals surface area contributed by atoms with Gasteiger partial charge in [0.1, 0.15) is 11.4 Å². The van der Waals surface area contributed by atoms with Crippen LogP contribution in [0.5, 0.6) is 0 Å². The molecule has 0 unspecified atom stereocenters. The number of amides is 1. The second-order valence-corrected chi connectivity index (χ2v) is 5.43. The zero-order valence-electron chi connectivity index (χ0n) is 12.3. The lowest BCUT2D eigenvalue weighted by Crippen LogP contribution is -2.26. The largest absolute Gasteiger partial charge is 0.475 e. The van der Waals surface area contributed by atoms with E-state index in [1.165, 1.54) is 12.1 Å². The summed E-state index contributed by atoms with van der Waals surface area (Å²) in [5, 5.41) is 11.2. The van der Waals surface area contributed by atoms with Crippen LogP contribution in [0.15, 0.2) is 16.5 Å². The van der Waals surface area contributed by atoms with E-state index >= 15 is 0 Å². The van der Waals surface area contributed by atoms with Gasteiger partial charge in [-0.25, -0.2) is 4.79 Å². The first kappa shape index (κ1) is 16.7. The van der Waals surface area contributed by atoms with Crippen LogP contribution in [0.2, 0.25) is 0 Å². The predicted molar refractivity (Wildman–Crippen MR) is 72.6 cm³/mol. The molecule has 0 aliphatic rings. The molecule has 0 saturated heterocycles. The Morgan fingerprint density at radius 3 is 2.43 bits per heavy atom. The van der Waals surface area contributed by atoms with E-state index in [-0.39, 0.29) is 31.1 Å². The van der Waals surface area contributed by atoms with Crippen LogP contribution in [-0.2, 0) is 20.9 Å². The van der Waals surface area contributed by atoms with Crippen molar-refractivity contribution in [3.8, 4) is 0 Å². The van der Waals surface area contributed by atoms with Crippen LogP contribution >= 0.6 is 0 Å². The number of rotatable bonds is 6. The maximum atomic E-state index is 11.6. The number of hydrogen-bond acceptors (Lipinski definition) is 5. The highest BCUT2D eigenvalue weighted by molar-refractivity contribution is 5.84. The van der Waals surface area contributed by atoms with Gasteiger partial charge in [0.15, 0.2) is 0 Å². The number of aromatic carboxylic acids is 1. The first-order valence-electron chi connectivity index (χ1n) is 6.48. The molecule has 0 bridgehead atoms. The first-order valence-corrected chi connectivity index (χ1v) is 6.48. The maximum absolute atomic E-state index is 11.6. The van der Waals surface area contributed by atoms with E-state index in [9.17, 15) is 14.4 Å². The fourth-order valence-corrected chi connectivity index (χ4v) is 1.47. The summed E-state index contributed by atoms with van der Waals surface area (Å²) in [6.07, 6.45) is -0.0109. The van der Waals surface area contributed by atoms with Gasteiger partial charge in [0.05, 0.1) is 13.0 Å². The molecular formula is C14H19NO6. The highest BCUT2D eigenvalue weighted by Gasteiger charge is 2.17. The molecule has 7 nitrogen and oxygen atoms in total. The quantitative estimate of drug-likeness (QED) is 0.774. The van der Waals surface area contributed by atoms with Crippen molar-refractivity contribution in [2.75, 3.05) is 0 Å². The van der Waals surface area contributed by atoms with Crippen molar-refractivity contribution in [1.29, 1.82) is 0 Å². The molecule has 0 spiro atoms. The van der Waals surface area contributed by atoms with Gasteiger partial charge in [-0.05, 0) is 32.9 Å². The van der Waals surface area contributed by atoms with E-state index in [1.54, 1.807) is 20.8 Å². The van der Waals surface area contributed by atoms with Crippen LogP contribution in [0.3, 0.4) is 0 Å². The molecule has 1 rings (SSSR count). The van der Waals surface area contributed by atoms with Gasteiger partial charge in [0.2, 0.25) is 11.7 Å². The molecule has 1 aromatic rings. The number of carboxylic acid groups (broad SMARTS) is 1. The van der Waals surface area contributed by atoms with Crippen molar-refractivity contribution in [2.45, 2.75) is 45.8 Å². The number of carbonyl (C=O) groups excluding carboxylic acids is 2. The molecule has 0 aliphatic carbocycles. The minimum atomic E-state index is -1.17. The molecule has 2 N–H and O–H groups in total. The summed E-state index contributed by atoms with van der Waals surface area (Å²) < 4.78 is 10.1. The Bertz CT molecular complexity index is 526. The predicted octanol–water partition coefficient (Wildman–Crippen LogP) is 1.72. The average Bonchev–Trinajstić information content (AvgIpc) is 2.80. The second kappa shape index (κ2) is 6.92. The molecule has 116 valence electrons. The molecule has 0 saturated carbocycles. The lowest BCUT2D eigenvalue weighted by atomic mass is 10.2. The summed E-state index contributed by atoms with van der Waals surface area (Å²) in [5.41, 5.74) is -0.574. The fourth-order valence-electron chi connectivity index (χ4n) is 1.47. The van der Waals surface area contributed by atoms with Crippen LogP contribution in [0.25, 0.3) is 0 Å². The lowest BCUT2D eigenvalue weighted by molar-refractivity contribution is -0.155. The minimum absolute atomic E-state index is 0.00140.